The Morgan fingerprint density at radius 2 is 1.04 bits per heavy atom. The van der Waals surface area contributed by atoms with Crippen molar-refractivity contribution < 1.29 is 29.1 Å². The Kier molecular flexibility index (Phi) is 21.5. The second kappa shape index (κ2) is 28.4. The maximum atomic E-state index is 14.1. The largest absolute Gasteiger partial charge is 0.481 e. The Morgan fingerprint density at radius 1 is 0.577 bits per heavy atom. The van der Waals surface area contributed by atoms with Gasteiger partial charge in [0.2, 0.25) is 11.8 Å². The number of nitrogens with two attached hydrogens (primary N) is 2. The molecule has 78 heavy (non-hydrogen) atoms. The van der Waals surface area contributed by atoms with Crippen LogP contribution in [0.1, 0.15) is 106 Å². The summed E-state index contributed by atoms with van der Waals surface area (Å²) in [6.45, 7) is 2.35. The predicted octanol–water partition coefficient (Wildman–Crippen LogP) is 9.47. The normalized spacial score (nSPS) is 23.2. The second-order valence-corrected chi connectivity index (χ2v) is 23.1. The van der Waals surface area contributed by atoms with Crippen LogP contribution in [-0.4, -0.2) is 140 Å². The third-order valence-corrected chi connectivity index (χ3v) is 17.6. The molecule has 416 valence electrons. The molecule has 0 aliphatic carbocycles. The Hall–Kier alpha value is -5.03. The highest BCUT2D eigenvalue weighted by atomic mass is 35.5. The predicted molar refractivity (Wildman–Crippen MR) is 310 cm³/mol. The minimum absolute atomic E-state index is 0.0349. The standard InChI is InChI=1S/C31H37Cl2N5O2.C29H35Cl2N3O4/c32-26-11-7-22(18-27(26)33)8-13-30(39)28(12-9-24-14-16-35-36-24)37-17-15-25(10-6-21-4-2-1-3-5-21)38-20-23(34)19-29(38)31(37)40;30-23-10-7-20(16-24(23)31)8-12-27(35)25(11-13-28(36)37)33-15-14-22(9-6-19-4-2-1-3-5-19)34-18-21(32)17-26(34)29(33)38/h1-5,7,11,16,18,23,25,28-29H,6,8-10,12-15,17,19-20,34H2;1-5,7,10,16,21-22,25-26H,6,8-9,11-15,17-18,32H2,(H,36,37). The number of hydrogen-bond acceptors (Lipinski definition) is 11. The molecule has 2 amide bonds. The van der Waals surface area contributed by atoms with Crippen LogP contribution in [0.15, 0.2) is 107 Å². The molecule has 0 bridgehead atoms. The minimum Gasteiger partial charge on any atom is -0.481 e. The molecular weight excluding hydrogens is 1070 g/mol. The molecule has 5 aliphatic rings. The Bertz CT molecular complexity index is 2790. The van der Waals surface area contributed by atoms with Gasteiger partial charge >= 0.3 is 5.97 Å². The van der Waals surface area contributed by atoms with E-state index in [2.05, 4.69) is 56.4 Å². The molecule has 0 spiro atoms. The lowest BCUT2D eigenvalue weighted by Gasteiger charge is -2.32. The van der Waals surface area contributed by atoms with Gasteiger partial charge in [-0.25, -0.2) is 0 Å². The highest BCUT2D eigenvalue weighted by Gasteiger charge is 2.47. The van der Waals surface area contributed by atoms with Gasteiger partial charge in [0, 0.05) is 88.0 Å². The molecule has 0 radical (unpaired) electrons. The lowest BCUT2D eigenvalue weighted by molar-refractivity contribution is -0.144. The van der Waals surface area contributed by atoms with Gasteiger partial charge in [-0.1, -0.05) is 119 Å². The number of carbonyl (C=O) groups is 5. The van der Waals surface area contributed by atoms with Crippen molar-refractivity contribution in [3.8, 4) is 0 Å². The summed E-state index contributed by atoms with van der Waals surface area (Å²) in [5, 5.41) is 19.4. The van der Waals surface area contributed by atoms with E-state index in [9.17, 15) is 29.1 Å². The van der Waals surface area contributed by atoms with Gasteiger partial charge in [-0.2, -0.15) is 10.2 Å². The number of aliphatic carboxylic acids is 1. The summed E-state index contributed by atoms with van der Waals surface area (Å²) in [4.78, 5) is 74.7. The van der Waals surface area contributed by atoms with Crippen molar-refractivity contribution in [1.82, 2.24) is 19.6 Å². The van der Waals surface area contributed by atoms with E-state index in [1.165, 1.54) is 11.1 Å². The summed E-state index contributed by atoms with van der Waals surface area (Å²) in [6.07, 6.45) is 11.4. The first-order chi connectivity index (χ1) is 37.6. The fraction of sp³-hybridized carbons (Fsp3) is 0.483. The van der Waals surface area contributed by atoms with Crippen LogP contribution in [0.2, 0.25) is 20.1 Å². The van der Waals surface area contributed by atoms with Crippen molar-refractivity contribution in [2.75, 3.05) is 26.2 Å². The summed E-state index contributed by atoms with van der Waals surface area (Å²) < 4.78 is 0. The first-order valence-corrected chi connectivity index (χ1v) is 29.1. The number of benzene rings is 4. The molecule has 4 saturated heterocycles. The van der Waals surface area contributed by atoms with Crippen LogP contribution in [-0.2, 0) is 49.7 Å². The zero-order valence-electron chi connectivity index (χ0n) is 44.1. The molecule has 5 aliphatic heterocycles. The van der Waals surface area contributed by atoms with Crippen molar-refractivity contribution in [2.24, 2.45) is 21.7 Å². The Morgan fingerprint density at radius 3 is 1.46 bits per heavy atom. The van der Waals surface area contributed by atoms with Crippen LogP contribution in [0, 0.1) is 0 Å². The number of nitrogens with zero attached hydrogens (tertiary/aromatic N) is 6. The van der Waals surface area contributed by atoms with E-state index < -0.39 is 18.1 Å². The van der Waals surface area contributed by atoms with Gasteiger partial charge in [0.1, 0.15) is 0 Å². The molecule has 8 atom stereocenters. The lowest BCUT2D eigenvalue weighted by atomic mass is 9.96. The van der Waals surface area contributed by atoms with E-state index in [1.807, 2.05) is 47.4 Å². The quantitative estimate of drug-likeness (QED) is 0.0682. The van der Waals surface area contributed by atoms with Gasteiger partial charge in [-0.15, -0.1) is 0 Å². The van der Waals surface area contributed by atoms with Gasteiger partial charge in [0.05, 0.1) is 44.3 Å². The van der Waals surface area contributed by atoms with Crippen molar-refractivity contribution in [3.63, 3.8) is 0 Å². The van der Waals surface area contributed by atoms with E-state index in [-0.39, 0.29) is 78.9 Å². The molecule has 0 saturated carbocycles. The number of rotatable bonds is 22. The first-order valence-electron chi connectivity index (χ1n) is 27.6. The number of carboxylic acids is 1. The van der Waals surface area contributed by atoms with Crippen LogP contribution in [0.25, 0.3) is 0 Å². The fourth-order valence-corrected chi connectivity index (χ4v) is 12.7. The number of carbonyl (C=O) groups excluding carboxylic acids is 4. The van der Waals surface area contributed by atoms with Gasteiger partial charge in [0.25, 0.3) is 0 Å². The molecule has 8 unspecified atom stereocenters. The first kappa shape index (κ1) is 59.1. The minimum atomic E-state index is -0.986. The van der Waals surface area contributed by atoms with Gasteiger partial charge in [0.15, 0.2) is 11.6 Å². The number of ketones is 2. The Labute approximate surface area is 478 Å². The monoisotopic (exact) mass is 1140 g/mol. The van der Waals surface area contributed by atoms with Crippen molar-refractivity contribution in [1.29, 1.82) is 0 Å². The number of aryl methyl sites for hydroxylation is 4. The average molecular weight is 1140 g/mol. The summed E-state index contributed by atoms with van der Waals surface area (Å²) in [5.74, 6) is -1.14. The molecule has 5 N–H and O–H groups in total. The van der Waals surface area contributed by atoms with Gasteiger partial charge in [-0.3, -0.25) is 33.8 Å². The number of fused-ring (bicyclic) bond motifs is 2. The summed E-state index contributed by atoms with van der Waals surface area (Å²) in [6, 6.07) is 29.7. The van der Waals surface area contributed by atoms with Gasteiger partial charge in [-0.05, 0) is 130 Å². The highest BCUT2D eigenvalue weighted by Crippen LogP contribution is 2.34. The van der Waals surface area contributed by atoms with Crippen LogP contribution < -0.4 is 11.5 Å². The van der Waals surface area contributed by atoms with E-state index in [1.54, 1.807) is 29.3 Å². The molecule has 5 heterocycles. The van der Waals surface area contributed by atoms with Crippen LogP contribution >= 0.6 is 46.4 Å². The average Bonchev–Trinajstić information content (AvgIpc) is 4.30. The van der Waals surface area contributed by atoms with Crippen LogP contribution in [0.5, 0.6) is 0 Å². The number of Topliss-reactive ketones (excluding diaryl/α,β-unsaturated/α-hetero) is 2. The number of halogens is 4. The molecule has 18 heteroatoms. The maximum Gasteiger partial charge on any atom is 0.303 e. The number of amides is 2. The van der Waals surface area contributed by atoms with Crippen molar-refractivity contribution >= 4 is 87.7 Å². The Balaban J connectivity index is 0.000000206. The second-order valence-electron chi connectivity index (χ2n) is 21.5. The maximum absolute atomic E-state index is 14.1. The molecular formula is C60H72Cl4N8O6. The number of hydrogen-bond donors (Lipinski definition) is 3. The zero-order chi connectivity index (χ0) is 55.3. The molecule has 9 rings (SSSR count). The third kappa shape index (κ3) is 15.9. The summed E-state index contributed by atoms with van der Waals surface area (Å²) >= 11 is 24.4. The van der Waals surface area contributed by atoms with E-state index in [4.69, 9.17) is 57.9 Å². The molecule has 0 aromatic heterocycles. The van der Waals surface area contributed by atoms with E-state index >= 15 is 0 Å². The smallest absolute Gasteiger partial charge is 0.303 e. The summed E-state index contributed by atoms with van der Waals surface area (Å²) in [7, 11) is 0. The summed E-state index contributed by atoms with van der Waals surface area (Å²) in [5.41, 5.74) is 18.0. The molecule has 4 aromatic rings. The third-order valence-electron chi connectivity index (χ3n) is 16.2. The van der Waals surface area contributed by atoms with Crippen LogP contribution in [0.4, 0.5) is 0 Å². The highest BCUT2D eigenvalue weighted by molar-refractivity contribution is 6.42. The zero-order valence-corrected chi connectivity index (χ0v) is 47.1. The van der Waals surface area contributed by atoms with Gasteiger partial charge < -0.3 is 26.4 Å². The SMILES string of the molecule is NC1CC2C(=O)N(C(CCC(=O)O)C(=O)CCc3ccc(Cl)c(Cl)c3)CCC(CCc3ccccc3)N2C1.NC1CC2C(=O)N(C(CCC3=NN=CC3)C(=O)CCc3ccc(Cl)c(Cl)c3)CCC(CCc3ccccc3)N2C1. The van der Waals surface area contributed by atoms with Crippen molar-refractivity contribution in [3.05, 3.63) is 139 Å². The lowest BCUT2D eigenvalue weighted by Crippen LogP contribution is -2.50. The van der Waals surface area contributed by atoms with Crippen molar-refractivity contribution in [2.45, 2.75) is 157 Å². The topological polar surface area (TPSA) is 195 Å². The molecule has 4 fully saturated rings. The van der Waals surface area contributed by atoms with E-state index in [0.29, 0.717) is 104 Å². The van der Waals surface area contributed by atoms with E-state index in [0.717, 1.165) is 48.9 Å². The molecule has 14 nitrogen and oxygen atoms in total. The fourth-order valence-electron chi connectivity index (χ4n) is 12.1. The van der Waals surface area contributed by atoms with Crippen LogP contribution in [0.3, 0.4) is 0 Å². The molecule has 4 aromatic carbocycles. The number of carboxylic acid groups (broad SMARTS) is 1.